The van der Waals surface area contributed by atoms with Gasteiger partial charge in [-0.05, 0) is 59.5 Å². The minimum Gasteiger partial charge on any atom is -0.330 e. The highest BCUT2D eigenvalue weighted by molar-refractivity contribution is 7.89. The third kappa shape index (κ3) is 5.21. The molecule has 4 rings (SSSR count). The molecule has 2 heterocycles. The van der Waals surface area contributed by atoms with Crippen molar-refractivity contribution in [1.82, 2.24) is 9.21 Å². The van der Waals surface area contributed by atoms with E-state index in [4.69, 9.17) is 0 Å². The summed E-state index contributed by atoms with van der Waals surface area (Å²) in [4.78, 5) is 27.1. The van der Waals surface area contributed by atoms with Gasteiger partial charge in [-0.3, -0.25) is 14.9 Å². The lowest BCUT2D eigenvalue weighted by molar-refractivity contribution is -0.384. The number of carbonyl (C=O) groups is 1. The zero-order chi connectivity index (χ0) is 26.0. The van der Waals surface area contributed by atoms with E-state index in [2.05, 4.69) is 6.07 Å². The maximum absolute atomic E-state index is 13.8. The molecule has 3 aromatic rings. The summed E-state index contributed by atoms with van der Waals surface area (Å²) in [6.45, 7) is 6.13. The summed E-state index contributed by atoms with van der Waals surface area (Å²) in [7, 11) is -4.05. The van der Waals surface area contributed by atoms with E-state index in [1.165, 1.54) is 33.4 Å². The molecule has 0 saturated carbocycles. The number of aryl methyl sites for hydroxylation is 1. The number of fused-ring (bicyclic) bond motifs is 1. The lowest BCUT2D eigenvalue weighted by Gasteiger charge is -2.38. The van der Waals surface area contributed by atoms with Gasteiger partial charge in [0.2, 0.25) is 15.9 Å². The molecule has 0 saturated heterocycles. The predicted octanol–water partition coefficient (Wildman–Crippen LogP) is 4.79. The van der Waals surface area contributed by atoms with E-state index in [-0.39, 0.29) is 41.5 Å². The van der Waals surface area contributed by atoms with E-state index >= 15 is 0 Å². The standard InChI is InChI=1S/C26H29N3O5S2/c1-18(2)16-27(36(33,34)21-10-8-20(9-11-21)29(31)32)17-25(30)28-14-12-24-23(13-15-35-24)26(28)22-7-5-4-6-19(22)3/h4-11,13,15,18,26H,12,14,16-17H2,1-3H3. The molecule has 2 aromatic carbocycles. The third-order valence-corrected chi connectivity index (χ3v) is 9.16. The second-order valence-corrected chi connectivity index (χ2v) is 12.3. The van der Waals surface area contributed by atoms with Gasteiger partial charge in [0.05, 0.1) is 22.4 Å². The number of sulfonamides is 1. The molecule has 36 heavy (non-hydrogen) atoms. The molecule has 1 amide bonds. The Balaban J connectivity index is 1.67. The molecule has 10 heteroatoms. The van der Waals surface area contributed by atoms with Gasteiger partial charge in [0.25, 0.3) is 5.69 Å². The Morgan fingerprint density at radius 2 is 1.83 bits per heavy atom. The average Bonchev–Trinajstić information content (AvgIpc) is 3.32. The van der Waals surface area contributed by atoms with Crippen molar-refractivity contribution in [3.8, 4) is 0 Å². The van der Waals surface area contributed by atoms with Crippen LogP contribution in [0.25, 0.3) is 0 Å². The minimum absolute atomic E-state index is 0.0254. The molecule has 1 unspecified atom stereocenters. The first kappa shape index (κ1) is 26.0. The Kier molecular flexibility index (Phi) is 7.58. The van der Waals surface area contributed by atoms with Crippen molar-refractivity contribution in [2.75, 3.05) is 19.6 Å². The number of benzene rings is 2. The second kappa shape index (κ2) is 10.5. The number of non-ortho nitro benzene ring substituents is 1. The molecular weight excluding hydrogens is 498 g/mol. The monoisotopic (exact) mass is 527 g/mol. The van der Waals surface area contributed by atoms with Gasteiger partial charge in [-0.1, -0.05) is 38.1 Å². The van der Waals surface area contributed by atoms with Gasteiger partial charge in [0, 0.05) is 30.1 Å². The highest BCUT2D eigenvalue weighted by Gasteiger charge is 2.36. The summed E-state index contributed by atoms with van der Waals surface area (Å²) in [6.07, 6.45) is 0.723. The number of hydrogen-bond acceptors (Lipinski definition) is 6. The molecule has 0 radical (unpaired) electrons. The van der Waals surface area contributed by atoms with Crippen molar-refractivity contribution >= 4 is 33.0 Å². The van der Waals surface area contributed by atoms with E-state index in [1.54, 1.807) is 16.2 Å². The van der Waals surface area contributed by atoms with Gasteiger partial charge >= 0.3 is 0 Å². The molecular formula is C26H29N3O5S2. The highest BCUT2D eigenvalue weighted by atomic mass is 32.2. The molecule has 0 fully saturated rings. The molecule has 0 spiro atoms. The number of nitro benzene ring substituents is 1. The normalized spacial score (nSPS) is 15.8. The van der Waals surface area contributed by atoms with Crippen molar-refractivity contribution in [2.24, 2.45) is 5.92 Å². The lowest BCUT2D eigenvalue weighted by Crippen LogP contribution is -2.47. The van der Waals surface area contributed by atoms with Crippen LogP contribution in [0.3, 0.4) is 0 Å². The van der Waals surface area contributed by atoms with E-state index < -0.39 is 14.9 Å². The van der Waals surface area contributed by atoms with Crippen LogP contribution in [0.1, 0.15) is 41.5 Å². The van der Waals surface area contributed by atoms with Crippen LogP contribution in [-0.2, 0) is 21.2 Å². The summed E-state index contributed by atoms with van der Waals surface area (Å²) >= 11 is 1.68. The van der Waals surface area contributed by atoms with Gasteiger partial charge in [0.15, 0.2) is 0 Å². The van der Waals surface area contributed by atoms with Crippen molar-refractivity contribution < 1.29 is 18.1 Å². The van der Waals surface area contributed by atoms with E-state index in [0.717, 1.165) is 23.1 Å². The van der Waals surface area contributed by atoms with Gasteiger partial charge in [0.1, 0.15) is 0 Å². The predicted molar refractivity (Wildman–Crippen MR) is 139 cm³/mol. The number of hydrogen-bond donors (Lipinski definition) is 0. The Bertz CT molecular complexity index is 1370. The number of carbonyl (C=O) groups excluding carboxylic acids is 1. The molecule has 0 aliphatic carbocycles. The Morgan fingerprint density at radius 3 is 2.47 bits per heavy atom. The topological polar surface area (TPSA) is 101 Å². The number of nitro groups is 1. The number of nitrogens with zero attached hydrogens (tertiary/aromatic N) is 3. The van der Waals surface area contributed by atoms with Crippen molar-refractivity contribution in [2.45, 2.75) is 38.1 Å². The molecule has 0 N–H and O–H groups in total. The molecule has 1 aromatic heterocycles. The van der Waals surface area contributed by atoms with Crippen LogP contribution in [0.15, 0.2) is 64.9 Å². The zero-order valence-corrected chi connectivity index (χ0v) is 22.1. The van der Waals surface area contributed by atoms with E-state index in [1.807, 2.05) is 50.4 Å². The fourth-order valence-electron chi connectivity index (χ4n) is 4.60. The average molecular weight is 528 g/mol. The Hall–Kier alpha value is -3.08. The van der Waals surface area contributed by atoms with Crippen LogP contribution in [0.4, 0.5) is 5.69 Å². The molecule has 0 bridgehead atoms. The lowest BCUT2D eigenvalue weighted by atomic mass is 9.90. The molecule has 8 nitrogen and oxygen atoms in total. The van der Waals surface area contributed by atoms with Gasteiger partial charge in [-0.2, -0.15) is 4.31 Å². The summed E-state index contributed by atoms with van der Waals surface area (Å²) in [5.41, 5.74) is 2.99. The Labute approximate surface area is 215 Å². The minimum atomic E-state index is -4.05. The second-order valence-electron chi connectivity index (χ2n) is 9.34. The number of amides is 1. The fraction of sp³-hybridized carbons (Fsp3) is 0.346. The summed E-state index contributed by atoms with van der Waals surface area (Å²) in [5.74, 6) is -0.297. The number of rotatable bonds is 8. The Morgan fingerprint density at radius 1 is 1.14 bits per heavy atom. The highest BCUT2D eigenvalue weighted by Crippen LogP contribution is 2.39. The van der Waals surface area contributed by atoms with Crippen LogP contribution < -0.4 is 0 Å². The van der Waals surface area contributed by atoms with Crippen molar-refractivity contribution in [1.29, 1.82) is 0 Å². The van der Waals surface area contributed by atoms with Crippen LogP contribution in [0.5, 0.6) is 0 Å². The van der Waals surface area contributed by atoms with Gasteiger partial charge < -0.3 is 4.90 Å². The molecule has 1 aliphatic heterocycles. The maximum Gasteiger partial charge on any atom is 0.269 e. The van der Waals surface area contributed by atoms with E-state index in [0.29, 0.717) is 6.54 Å². The quantitative estimate of drug-likeness (QED) is 0.310. The van der Waals surface area contributed by atoms with Gasteiger partial charge in [-0.15, -0.1) is 11.3 Å². The number of thiophene rings is 1. The molecule has 1 aliphatic rings. The van der Waals surface area contributed by atoms with E-state index in [9.17, 15) is 23.3 Å². The van der Waals surface area contributed by atoms with Gasteiger partial charge in [-0.25, -0.2) is 8.42 Å². The maximum atomic E-state index is 13.8. The largest absolute Gasteiger partial charge is 0.330 e. The molecule has 190 valence electrons. The summed E-state index contributed by atoms with van der Waals surface area (Å²) in [5, 5.41) is 13.0. The summed E-state index contributed by atoms with van der Waals surface area (Å²) in [6, 6.07) is 14.5. The fourth-order valence-corrected chi connectivity index (χ4v) is 7.06. The van der Waals surface area contributed by atoms with Crippen LogP contribution in [-0.4, -0.2) is 48.1 Å². The zero-order valence-electron chi connectivity index (χ0n) is 20.5. The molecule has 1 atom stereocenters. The SMILES string of the molecule is Cc1ccccc1C1c2ccsc2CCN1C(=O)CN(CC(C)C)S(=O)(=O)c1ccc([N+](=O)[O-])cc1. The first-order valence-corrected chi connectivity index (χ1v) is 14.1. The van der Waals surface area contributed by atoms with Crippen molar-refractivity contribution in [3.63, 3.8) is 0 Å². The smallest absolute Gasteiger partial charge is 0.269 e. The summed E-state index contributed by atoms with van der Waals surface area (Å²) < 4.78 is 28.2. The third-order valence-electron chi connectivity index (χ3n) is 6.34. The first-order chi connectivity index (χ1) is 17.1. The van der Waals surface area contributed by atoms with Crippen LogP contribution in [0, 0.1) is 23.0 Å². The van der Waals surface area contributed by atoms with Crippen LogP contribution >= 0.6 is 11.3 Å². The van der Waals surface area contributed by atoms with Crippen molar-refractivity contribution in [3.05, 3.63) is 91.7 Å². The first-order valence-electron chi connectivity index (χ1n) is 11.8. The van der Waals surface area contributed by atoms with Crippen LogP contribution in [0.2, 0.25) is 0 Å².